The van der Waals surface area contributed by atoms with E-state index in [4.69, 9.17) is 9.72 Å². The summed E-state index contributed by atoms with van der Waals surface area (Å²) >= 11 is 0. The monoisotopic (exact) mass is 1960 g/mol. The molecule has 0 bridgehead atoms. The summed E-state index contributed by atoms with van der Waals surface area (Å²) in [5.74, 6) is 1.89. The molecule has 22 aromatic rings. The summed E-state index contributed by atoms with van der Waals surface area (Å²) < 4.78 is 13.9. The Kier molecular flexibility index (Phi) is 23.4. The summed E-state index contributed by atoms with van der Waals surface area (Å²) in [6.07, 6.45) is 6.19. The molecule has 0 atom stereocenters. The molecule has 0 amide bonds. The quantitative estimate of drug-likeness (QED) is 0.0277. The van der Waals surface area contributed by atoms with E-state index in [1.165, 1.54) is 88.6 Å². The summed E-state index contributed by atoms with van der Waals surface area (Å²) in [5, 5.41) is 22.5. The zero-order valence-electron chi connectivity index (χ0n) is 74.6. The van der Waals surface area contributed by atoms with E-state index in [2.05, 4.69) is 550 Å². The number of nitrogens with zero attached hydrogens (tertiary/aromatic N) is 4. The predicted molar refractivity (Wildman–Crippen MR) is 564 cm³/mol. The van der Waals surface area contributed by atoms with E-state index in [0.29, 0.717) is 11.5 Å². The number of fused-ring (bicyclic) bond motifs is 4. The molecule has 0 fully saturated rings. The molecule has 5 nitrogen and oxygen atoms in total. The smallest absolute Gasteiger partial charge is 0.268 e. The van der Waals surface area contributed by atoms with Crippen LogP contribution in [0.5, 0.6) is 11.5 Å². The maximum absolute atomic E-state index is 7.14. The van der Waals surface area contributed by atoms with Gasteiger partial charge in [-0.25, -0.2) is 4.98 Å². The van der Waals surface area contributed by atoms with E-state index in [-0.39, 0.29) is 26.5 Å². The first-order valence-corrected chi connectivity index (χ1v) is 53.8. The number of para-hydroxylation sites is 4. The van der Waals surface area contributed by atoms with Gasteiger partial charge in [-0.2, -0.15) is 18.2 Å². The Bertz CT molecular complexity index is 6920. The van der Waals surface area contributed by atoms with Crippen LogP contribution in [-0.2, 0) is 26.5 Å². The SMILES string of the molecule is CC(C)(C)c1ccnc(-n2c3[c-]c(Oc4[c-]c(-n5[c-][n+](-c6c(-c7cc([Si](c8ccccc8)(c8ccccc8)c8ccccc8)cc([Si](c8ccccc8)(c8ccccc8)c8ccccc8)c7)cccc6-c6cc([Si](c7ccccc7)(c7ccccc7)c7ccccc7)cc([Si](c7ccccc7)(c7ccccc7)c7ccccc7)c6)c6ccccc65)ccc4)ccc3c3ccccc32)c1.[Pt]. The molecular formula is C124H94N4OPtSi4-2. The van der Waals surface area contributed by atoms with Crippen molar-refractivity contribution in [1.29, 1.82) is 0 Å². The average molecular weight is 1960 g/mol. The van der Waals surface area contributed by atoms with Gasteiger partial charge in [-0.1, -0.05) is 487 Å². The maximum atomic E-state index is 7.14. The molecule has 0 saturated carbocycles. The third-order valence-electron chi connectivity index (χ3n) is 27.1. The second-order valence-electron chi connectivity index (χ2n) is 35.5. The van der Waals surface area contributed by atoms with Crippen molar-refractivity contribution in [3.63, 3.8) is 0 Å². The molecule has 644 valence electrons. The van der Waals surface area contributed by atoms with Crippen molar-refractivity contribution in [1.82, 2.24) is 14.1 Å². The Balaban J connectivity index is 0.0000108. The molecule has 0 aliphatic heterocycles. The first-order chi connectivity index (χ1) is 65.6. The van der Waals surface area contributed by atoms with Gasteiger partial charge in [-0.05, 0) is 145 Å². The van der Waals surface area contributed by atoms with E-state index < -0.39 is 32.3 Å². The minimum Gasteiger partial charge on any atom is -0.510 e. The molecule has 0 aliphatic rings. The fourth-order valence-electron chi connectivity index (χ4n) is 21.3. The Labute approximate surface area is 802 Å². The van der Waals surface area contributed by atoms with Crippen molar-refractivity contribution in [3.8, 4) is 50.9 Å². The van der Waals surface area contributed by atoms with E-state index in [1.807, 2.05) is 18.3 Å². The summed E-state index contributed by atoms with van der Waals surface area (Å²) in [7, 11) is -13.9. The molecule has 0 aliphatic carbocycles. The molecule has 10 heteroatoms. The Hall–Kier alpha value is -15.0. The molecule has 0 N–H and O–H groups in total. The fraction of sp³-hybridized carbons (Fsp3) is 0.0323. The molecule has 134 heavy (non-hydrogen) atoms. The Morgan fingerprint density at radius 1 is 0.276 bits per heavy atom. The van der Waals surface area contributed by atoms with Gasteiger partial charge < -0.3 is 13.9 Å². The second-order valence-corrected chi connectivity index (χ2v) is 50.8. The largest absolute Gasteiger partial charge is 0.510 e. The van der Waals surface area contributed by atoms with Crippen LogP contribution < -0.4 is 92.3 Å². The molecule has 0 saturated heterocycles. The number of benzene rings is 19. The van der Waals surface area contributed by atoms with Crippen LogP contribution in [0.3, 0.4) is 0 Å². The number of pyridine rings is 1. The van der Waals surface area contributed by atoms with Crippen molar-refractivity contribution >= 4 is 148 Å². The van der Waals surface area contributed by atoms with Crippen LogP contribution in [0.2, 0.25) is 0 Å². The number of aromatic nitrogens is 4. The first kappa shape index (κ1) is 85.7. The number of hydrogen-bond acceptors (Lipinski definition) is 2. The van der Waals surface area contributed by atoms with Crippen molar-refractivity contribution in [2.75, 3.05) is 0 Å². The molecule has 3 aromatic heterocycles. The van der Waals surface area contributed by atoms with Gasteiger partial charge in [-0.3, -0.25) is 4.57 Å². The third-order valence-corrected chi connectivity index (χ3v) is 46.1. The Morgan fingerprint density at radius 2 is 0.590 bits per heavy atom. The second kappa shape index (κ2) is 36.6. The Morgan fingerprint density at radius 3 is 0.940 bits per heavy atom. The molecule has 0 spiro atoms. The van der Waals surface area contributed by atoms with Gasteiger partial charge in [0.15, 0.2) is 32.3 Å². The van der Waals surface area contributed by atoms with Gasteiger partial charge in [0.2, 0.25) is 0 Å². The van der Waals surface area contributed by atoms with Crippen LogP contribution in [0.4, 0.5) is 0 Å². The normalized spacial score (nSPS) is 11.9. The van der Waals surface area contributed by atoms with Crippen molar-refractivity contribution < 1.29 is 30.4 Å². The van der Waals surface area contributed by atoms with Crippen LogP contribution in [0.15, 0.2) is 516 Å². The van der Waals surface area contributed by atoms with Crippen molar-refractivity contribution in [2.45, 2.75) is 26.2 Å². The molecule has 22 rings (SSSR count). The molecule has 19 aromatic carbocycles. The summed E-state index contributed by atoms with van der Waals surface area (Å²) in [4.78, 5) is 5.03. The minimum absolute atomic E-state index is 0. The maximum Gasteiger partial charge on any atom is 0.268 e. The number of ether oxygens (including phenoxy) is 1. The van der Waals surface area contributed by atoms with Crippen LogP contribution >= 0.6 is 0 Å². The van der Waals surface area contributed by atoms with E-state index in [0.717, 1.165) is 72.3 Å². The van der Waals surface area contributed by atoms with Crippen LogP contribution in [0.25, 0.3) is 72.3 Å². The molecule has 0 unspecified atom stereocenters. The summed E-state index contributed by atoms with van der Waals surface area (Å²) in [6, 6.07) is 200. The standard InChI is InChI=1S/C124H94N4OSi4.Pt/c1-124(2,3)94-80-81-125-122(86-94)128-118-75-41-40-72-116(118)117-79-78-97(88-121(117)128)129-96-47-44-46-95(87-96)126-91-127(120-77-43-42-76-119(120)126)123-114(92-82-110(130(98-48-16-4-17-49-98,99-50-18-5-19-51-99)100-52-20-6-21-53-100)89-111(83-92)131(101-54-22-7-23-55-101,102-56-24-8-25-57-102)103-58-26-9-27-59-103)73-45-74-115(123)93-84-112(132(104-60-28-10-29-61-104,105-62-30-11-31-63-105)106-64-32-12-33-65-106)90-113(85-93)133(107-66-34-13-35-67-107,108-68-36-14-37-69-108)109-70-38-15-39-71-109;/h4-86,89-90H,1-3H3;/q-2;. The topological polar surface area (TPSA) is 35.9 Å². The van der Waals surface area contributed by atoms with E-state index in [9.17, 15) is 0 Å². The van der Waals surface area contributed by atoms with Gasteiger partial charge in [-0.15, -0.1) is 29.7 Å². The van der Waals surface area contributed by atoms with Gasteiger partial charge in [0.05, 0.1) is 16.7 Å². The van der Waals surface area contributed by atoms with Gasteiger partial charge >= 0.3 is 0 Å². The van der Waals surface area contributed by atoms with E-state index in [1.54, 1.807) is 0 Å². The summed E-state index contributed by atoms with van der Waals surface area (Å²) in [6.45, 7) is 6.73. The van der Waals surface area contributed by atoms with Gasteiger partial charge in [0.1, 0.15) is 5.82 Å². The first-order valence-electron chi connectivity index (χ1n) is 45.8. The van der Waals surface area contributed by atoms with E-state index >= 15 is 0 Å². The zero-order valence-corrected chi connectivity index (χ0v) is 80.9. The zero-order chi connectivity index (χ0) is 89.3. The number of imidazole rings is 1. The molecular weight excluding hydrogens is 1870 g/mol. The van der Waals surface area contributed by atoms with Crippen LogP contribution in [0.1, 0.15) is 26.3 Å². The van der Waals surface area contributed by atoms with Gasteiger partial charge in [0, 0.05) is 44.3 Å². The fourth-order valence-corrected chi connectivity index (χ4v) is 40.8. The van der Waals surface area contributed by atoms with Crippen LogP contribution in [0, 0.1) is 18.5 Å². The van der Waals surface area contributed by atoms with Crippen LogP contribution in [-0.4, -0.2) is 46.4 Å². The summed E-state index contributed by atoms with van der Waals surface area (Å²) in [5.41, 5.74) is 10.7. The average Bonchev–Trinajstić information content (AvgIpc) is 0.796. The number of hydrogen-bond donors (Lipinski definition) is 0. The number of rotatable bonds is 23. The minimum atomic E-state index is -3.48. The van der Waals surface area contributed by atoms with Gasteiger partial charge in [0.25, 0.3) is 6.33 Å². The molecule has 0 radical (unpaired) electrons. The van der Waals surface area contributed by atoms with Crippen molar-refractivity contribution in [3.05, 3.63) is 540 Å². The van der Waals surface area contributed by atoms with Crippen molar-refractivity contribution in [2.24, 2.45) is 0 Å². The molecule has 3 heterocycles. The third kappa shape index (κ3) is 15.0. The predicted octanol–water partition coefficient (Wildman–Crippen LogP) is 17.7.